The third-order valence-electron chi connectivity index (χ3n) is 2.62. The Morgan fingerprint density at radius 2 is 1.90 bits per heavy atom. The molecular formula is C14H20N2O4. The molecule has 0 saturated heterocycles. The molecule has 0 heterocycles. The van der Waals surface area contributed by atoms with E-state index in [4.69, 9.17) is 10.2 Å². The summed E-state index contributed by atoms with van der Waals surface area (Å²) in [6.07, 6.45) is 0.155. The van der Waals surface area contributed by atoms with Crippen LogP contribution < -0.4 is 10.6 Å². The van der Waals surface area contributed by atoms with Crippen molar-refractivity contribution in [2.75, 3.05) is 18.5 Å². The molecule has 0 aliphatic rings. The van der Waals surface area contributed by atoms with E-state index < -0.39 is 6.10 Å². The lowest BCUT2D eigenvalue weighted by molar-refractivity contribution is -0.116. The molecule has 0 aliphatic heterocycles. The van der Waals surface area contributed by atoms with Crippen LogP contribution in [0.2, 0.25) is 0 Å². The van der Waals surface area contributed by atoms with Crippen molar-refractivity contribution in [3.8, 4) is 0 Å². The summed E-state index contributed by atoms with van der Waals surface area (Å²) in [6, 6.07) is 6.45. The fraction of sp³-hybridized carbons (Fsp3) is 0.429. The maximum Gasteiger partial charge on any atom is 0.251 e. The number of nitrogens with one attached hydrogen (secondary N) is 2. The number of rotatable bonds is 7. The molecule has 20 heavy (non-hydrogen) atoms. The third-order valence-corrected chi connectivity index (χ3v) is 2.62. The predicted molar refractivity (Wildman–Crippen MR) is 75.4 cm³/mol. The van der Waals surface area contributed by atoms with Crippen LogP contribution in [0.1, 0.15) is 30.1 Å². The molecule has 6 nitrogen and oxygen atoms in total. The van der Waals surface area contributed by atoms with Crippen molar-refractivity contribution in [1.82, 2.24) is 5.32 Å². The highest BCUT2D eigenvalue weighted by atomic mass is 16.3. The minimum Gasteiger partial charge on any atom is -0.395 e. The van der Waals surface area contributed by atoms with Gasteiger partial charge in [0, 0.05) is 24.2 Å². The standard InChI is InChI=1S/C14H20N2O4/c1-10(18)2-7-13(19)16-12-5-3-11(4-6-12)14(20)15-8-9-17/h3-6,10,17-18H,2,7-9H2,1H3,(H,15,20)(H,16,19). The predicted octanol–water partition coefficient (Wildman–Crippen LogP) is 0.508. The summed E-state index contributed by atoms with van der Waals surface area (Å²) in [5.74, 6) is -0.450. The zero-order valence-corrected chi connectivity index (χ0v) is 11.4. The van der Waals surface area contributed by atoms with E-state index in [9.17, 15) is 9.59 Å². The molecule has 0 fully saturated rings. The van der Waals surface area contributed by atoms with Crippen LogP contribution in [0.15, 0.2) is 24.3 Å². The van der Waals surface area contributed by atoms with Gasteiger partial charge in [0.25, 0.3) is 5.91 Å². The molecular weight excluding hydrogens is 260 g/mol. The van der Waals surface area contributed by atoms with E-state index >= 15 is 0 Å². The number of carbonyl (C=O) groups is 2. The summed E-state index contributed by atoms with van der Waals surface area (Å²) in [6.45, 7) is 1.73. The van der Waals surface area contributed by atoms with E-state index in [0.717, 1.165) is 0 Å². The quantitative estimate of drug-likeness (QED) is 0.585. The summed E-state index contributed by atoms with van der Waals surface area (Å²) in [7, 11) is 0. The maximum absolute atomic E-state index is 11.6. The number of aliphatic hydroxyl groups excluding tert-OH is 2. The summed E-state index contributed by atoms with van der Waals surface area (Å²) < 4.78 is 0. The number of aliphatic hydroxyl groups is 2. The van der Waals surface area contributed by atoms with E-state index in [1.807, 2.05) is 0 Å². The van der Waals surface area contributed by atoms with Gasteiger partial charge in [0.2, 0.25) is 5.91 Å². The normalized spacial score (nSPS) is 11.8. The monoisotopic (exact) mass is 280 g/mol. The molecule has 2 amide bonds. The number of hydrogen-bond acceptors (Lipinski definition) is 4. The van der Waals surface area contributed by atoms with Gasteiger partial charge >= 0.3 is 0 Å². The Balaban J connectivity index is 2.50. The first-order valence-corrected chi connectivity index (χ1v) is 6.50. The molecule has 110 valence electrons. The van der Waals surface area contributed by atoms with Crippen molar-refractivity contribution in [2.24, 2.45) is 0 Å². The van der Waals surface area contributed by atoms with Crippen molar-refractivity contribution in [2.45, 2.75) is 25.9 Å². The van der Waals surface area contributed by atoms with E-state index in [1.165, 1.54) is 0 Å². The number of benzene rings is 1. The van der Waals surface area contributed by atoms with Gasteiger partial charge in [0.05, 0.1) is 12.7 Å². The minimum absolute atomic E-state index is 0.108. The summed E-state index contributed by atoms with van der Waals surface area (Å²) >= 11 is 0. The molecule has 1 atom stereocenters. The van der Waals surface area contributed by atoms with Gasteiger partial charge in [-0.05, 0) is 37.6 Å². The van der Waals surface area contributed by atoms with E-state index in [1.54, 1.807) is 31.2 Å². The lowest BCUT2D eigenvalue weighted by Crippen LogP contribution is -2.26. The largest absolute Gasteiger partial charge is 0.395 e. The topological polar surface area (TPSA) is 98.7 Å². The average Bonchev–Trinajstić information content (AvgIpc) is 2.43. The average molecular weight is 280 g/mol. The molecule has 0 aromatic heterocycles. The second kappa shape index (κ2) is 8.29. The van der Waals surface area contributed by atoms with E-state index in [-0.39, 0.29) is 31.4 Å². The first-order chi connectivity index (χ1) is 9.52. The highest BCUT2D eigenvalue weighted by Crippen LogP contribution is 2.10. The van der Waals surface area contributed by atoms with Crippen LogP contribution in [-0.4, -0.2) is 41.3 Å². The molecule has 0 bridgehead atoms. The fourth-order valence-electron chi connectivity index (χ4n) is 1.54. The van der Waals surface area contributed by atoms with Gasteiger partial charge in [-0.2, -0.15) is 0 Å². The molecule has 0 aliphatic carbocycles. The highest BCUT2D eigenvalue weighted by Gasteiger charge is 2.07. The summed E-state index contributed by atoms with van der Waals surface area (Å²) in [5.41, 5.74) is 1.06. The minimum atomic E-state index is -0.502. The zero-order valence-electron chi connectivity index (χ0n) is 11.4. The summed E-state index contributed by atoms with van der Waals surface area (Å²) in [5, 5.41) is 22.9. The van der Waals surface area contributed by atoms with Crippen LogP contribution >= 0.6 is 0 Å². The lowest BCUT2D eigenvalue weighted by atomic mass is 10.1. The van der Waals surface area contributed by atoms with Crippen molar-refractivity contribution in [1.29, 1.82) is 0 Å². The van der Waals surface area contributed by atoms with Gasteiger partial charge < -0.3 is 20.8 Å². The number of amides is 2. The molecule has 6 heteroatoms. The smallest absolute Gasteiger partial charge is 0.251 e. The number of hydrogen-bond donors (Lipinski definition) is 4. The van der Waals surface area contributed by atoms with Gasteiger partial charge in [0.15, 0.2) is 0 Å². The van der Waals surface area contributed by atoms with E-state index in [2.05, 4.69) is 10.6 Å². The van der Waals surface area contributed by atoms with Crippen molar-refractivity contribution < 1.29 is 19.8 Å². The second-order valence-electron chi connectivity index (χ2n) is 4.49. The van der Waals surface area contributed by atoms with Crippen LogP contribution in [0, 0.1) is 0 Å². The summed E-state index contributed by atoms with van der Waals surface area (Å²) in [4.78, 5) is 23.1. The number of carbonyl (C=O) groups excluding carboxylic acids is 2. The Hall–Kier alpha value is -1.92. The lowest BCUT2D eigenvalue weighted by Gasteiger charge is -2.08. The maximum atomic E-state index is 11.6. The Morgan fingerprint density at radius 1 is 1.25 bits per heavy atom. The third kappa shape index (κ3) is 5.81. The van der Waals surface area contributed by atoms with Gasteiger partial charge in [-0.15, -0.1) is 0 Å². The fourth-order valence-corrected chi connectivity index (χ4v) is 1.54. The van der Waals surface area contributed by atoms with Crippen LogP contribution in [0.3, 0.4) is 0 Å². The van der Waals surface area contributed by atoms with E-state index in [0.29, 0.717) is 17.7 Å². The van der Waals surface area contributed by atoms with Gasteiger partial charge in [-0.25, -0.2) is 0 Å². The molecule has 1 aromatic carbocycles. The van der Waals surface area contributed by atoms with Gasteiger partial charge in [0.1, 0.15) is 0 Å². The SMILES string of the molecule is CC(O)CCC(=O)Nc1ccc(C(=O)NCCO)cc1. The molecule has 0 radical (unpaired) electrons. The van der Waals surface area contributed by atoms with Gasteiger partial charge in [-0.1, -0.05) is 0 Å². The highest BCUT2D eigenvalue weighted by molar-refractivity contribution is 5.95. The second-order valence-corrected chi connectivity index (χ2v) is 4.49. The Labute approximate surface area is 117 Å². The van der Waals surface area contributed by atoms with Crippen LogP contribution in [-0.2, 0) is 4.79 Å². The zero-order chi connectivity index (χ0) is 15.0. The first-order valence-electron chi connectivity index (χ1n) is 6.50. The Bertz CT molecular complexity index is 443. The Morgan fingerprint density at radius 3 is 2.45 bits per heavy atom. The van der Waals surface area contributed by atoms with Gasteiger partial charge in [-0.3, -0.25) is 9.59 Å². The van der Waals surface area contributed by atoms with Crippen LogP contribution in [0.25, 0.3) is 0 Å². The molecule has 0 saturated carbocycles. The Kier molecular flexibility index (Phi) is 6.69. The van der Waals surface area contributed by atoms with Crippen LogP contribution in [0.5, 0.6) is 0 Å². The molecule has 1 unspecified atom stereocenters. The number of anilines is 1. The van der Waals surface area contributed by atoms with Crippen LogP contribution in [0.4, 0.5) is 5.69 Å². The van der Waals surface area contributed by atoms with Crippen molar-refractivity contribution in [3.63, 3.8) is 0 Å². The molecule has 4 N–H and O–H groups in total. The molecule has 0 spiro atoms. The molecule has 1 rings (SSSR count). The van der Waals surface area contributed by atoms with Crippen molar-refractivity contribution in [3.05, 3.63) is 29.8 Å². The van der Waals surface area contributed by atoms with Crippen molar-refractivity contribution >= 4 is 17.5 Å². The molecule has 1 aromatic rings. The first kappa shape index (κ1) is 16.1.